The summed E-state index contributed by atoms with van der Waals surface area (Å²) in [5, 5.41) is 11.1. The number of methoxy groups -OCH3 is 1. The fraction of sp³-hybridized carbons (Fsp3) is 0.200. The normalized spacial score (nSPS) is 12.2. The number of rotatable bonds is 7. The molecule has 0 fully saturated rings. The highest BCUT2D eigenvalue weighted by Crippen LogP contribution is 2.45. The summed E-state index contributed by atoms with van der Waals surface area (Å²) in [4.78, 5) is 27.2. The summed E-state index contributed by atoms with van der Waals surface area (Å²) in [7, 11) is 1.37. The number of hydrogen-bond acceptors (Lipinski definition) is 7. The molecule has 0 radical (unpaired) electrons. The van der Waals surface area contributed by atoms with Gasteiger partial charge in [0, 0.05) is 15.7 Å². The number of anilines is 1. The van der Waals surface area contributed by atoms with Gasteiger partial charge in [-0.2, -0.15) is 0 Å². The topological polar surface area (TPSA) is 81.2 Å². The molecule has 8 heteroatoms. The lowest BCUT2D eigenvalue weighted by Gasteiger charge is -2.32. The highest BCUT2D eigenvalue weighted by atomic mass is 32.1. The smallest absolute Gasteiger partial charge is 0.337 e. The predicted molar refractivity (Wildman–Crippen MR) is 132 cm³/mol. The Labute approximate surface area is 200 Å². The van der Waals surface area contributed by atoms with E-state index in [0.29, 0.717) is 10.7 Å². The van der Waals surface area contributed by atoms with Gasteiger partial charge in [-0.1, -0.05) is 67.6 Å². The molecule has 4 rings (SSSR count). The Hall–Kier alpha value is -3.36. The lowest BCUT2D eigenvalue weighted by molar-refractivity contribution is -0.124. The zero-order valence-corrected chi connectivity index (χ0v) is 20.1. The number of thiophene rings is 1. The molecule has 0 bridgehead atoms. The van der Waals surface area contributed by atoms with Gasteiger partial charge in [0.25, 0.3) is 0 Å². The van der Waals surface area contributed by atoms with Crippen LogP contribution in [0.5, 0.6) is 0 Å². The molecule has 1 amide bonds. The summed E-state index contributed by atoms with van der Waals surface area (Å²) in [6, 6.07) is 21.5. The number of benzene rings is 2. The standard InChI is InChI=1S/C25H23N3O3S2/c1-25(2,23(30)27-24-28-26-15-32-24)21(17-7-5-4-6-8-17)20-14-13-19(33-20)16-9-11-18(12-10-16)22(29)31-3/h4-15,21H,1-3H3,(H,27,28,30). The molecule has 168 valence electrons. The van der Waals surface area contributed by atoms with Gasteiger partial charge in [0.2, 0.25) is 11.0 Å². The summed E-state index contributed by atoms with van der Waals surface area (Å²) in [5.41, 5.74) is 3.40. The third kappa shape index (κ3) is 4.86. The Morgan fingerprint density at radius 3 is 2.36 bits per heavy atom. The number of ether oxygens (including phenoxy) is 1. The largest absolute Gasteiger partial charge is 0.465 e. The summed E-state index contributed by atoms with van der Waals surface area (Å²) in [6.45, 7) is 3.90. The van der Waals surface area contributed by atoms with Crippen molar-refractivity contribution >= 4 is 39.7 Å². The van der Waals surface area contributed by atoms with Gasteiger partial charge in [-0.25, -0.2) is 4.79 Å². The van der Waals surface area contributed by atoms with Crippen LogP contribution in [0.1, 0.15) is 40.6 Å². The molecule has 0 aliphatic rings. The average Bonchev–Trinajstić information content (AvgIpc) is 3.52. The zero-order chi connectivity index (χ0) is 23.4. The number of carbonyl (C=O) groups excluding carboxylic acids is 2. The summed E-state index contributed by atoms with van der Waals surface area (Å²) < 4.78 is 4.78. The van der Waals surface area contributed by atoms with Crippen LogP contribution in [-0.4, -0.2) is 29.2 Å². The second-order valence-corrected chi connectivity index (χ2v) is 9.98. The van der Waals surface area contributed by atoms with Gasteiger partial charge < -0.3 is 10.1 Å². The zero-order valence-electron chi connectivity index (χ0n) is 18.4. The van der Waals surface area contributed by atoms with Crippen molar-refractivity contribution in [2.24, 2.45) is 5.41 Å². The van der Waals surface area contributed by atoms with E-state index in [1.807, 2.05) is 44.2 Å². The first-order valence-electron chi connectivity index (χ1n) is 10.3. The van der Waals surface area contributed by atoms with E-state index < -0.39 is 5.41 Å². The Balaban J connectivity index is 1.68. The van der Waals surface area contributed by atoms with Crippen LogP contribution in [0.2, 0.25) is 0 Å². The third-order valence-corrected chi connectivity index (χ3v) is 7.33. The number of hydrogen-bond donors (Lipinski definition) is 1. The fourth-order valence-electron chi connectivity index (χ4n) is 3.75. The summed E-state index contributed by atoms with van der Waals surface area (Å²) in [6.07, 6.45) is 0. The average molecular weight is 478 g/mol. The number of carbonyl (C=O) groups is 2. The third-order valence-electron chi connectivity index (χ3n) is 5.52. The molecular formula is C25H23N3O3S2. The number of amides is 1. The van der Waals surface area contributed by atoms with E-state index in [1.165, 1.54) is 18.4 Å². The van der Waals surface area contributed by atoms with Crippen LogP contribution in [0.3, 0.4) is 0 Å². The number of esters is 1. The Morgan fingerprint density at radius 1 is 1.00 bits per heavy atom. The predicted octanol–water partition coefficient (Wildman–Crippen LogP) is 5.85. The highest BCUT2D eigenvalue weighted by molar-refractivity contribution is 7.15. The first-order valence-corrected chi connectivity index (χ1v) is 12.0. The lowest BCUT2D eigenvalue weighted by Crippen LogP contribution is -2.36. The molecule has 4 aromatic rings. The van der Waals surface area contributed by atoms with E-state index in [0.717, 1.165) is 20.9 Å². The van der Waals surface area contributed by atoms with Crippen LogP contribution in [-0.2, 0) is 9.53 Å². The molecule has 2 aromatic heterocycles. The van der Waals surface area contributed by atoms with Crippen molar-refractivity contribution < 1.29 is 14.3 Å². The van der Waals surface area contributed by atoms with Crippen LogP contribution >= 0.6 is 22.7 Å². The monoisotopic (exact) mass is 477 g/mol. The fourth-order valence-corrected chi connectivity index (χ4v) is 5.52. The molecule has 0 saturated carbocycles. The number of aromatic nitrogens is 2. The molecule has 33 heavy (non-hydrogen) atoms. The molecule has 6 nitrogen and oxygen atoms in total. The van der Waals surface area contributed by atoms with E-state index in [9.17, 15) is 9.59 Å². The van der Waals surface area contributed by atoms with Crippen molar-refractivity contribution in [3.8, 4) is 10.4 Å². The SMILES string of the molecule is COC(=O)c1ccc(-c2ccc(C(c3ccccc3)C(C)(C)C(=O)Nc3nncs3)s2)cc1. The van der Waals surface area contributed by atoms with E-state index in [4.69, 9.17) is 4.74 Å². The maximum atomic E-state index is 13.3. The molecule has 0 saturated heterocycles. The Morgan fingerprint density at radius 2 is 1.73 bits per heavy atom. The molecule has 0 aliphatic heterocycles. The maximum Gasteiger partial charge on any atom is 0.337 e. The van der Waals surface area contributed by atoms with E-state index >= 15 is 0 Å². The first-order chi connectivity index (χ1) is 15.9. The van der Waals surface area contributed by atoms with Crippen molar-refractivity contribution in [3.05, 3.63) is 88.2 Å². The molecule has 2 aromatic carbocycles. The van der Waals surface area contributed by atoms with Crippen molar-refractivity contribution in [2.75, 3.05) is 12.4 Å². The van der Waals surface area contributed by atoms with Crippen LogP contribution in [0.15, 0.2) is 72.2 Å². The van der Waals surface area contributed by atoms with Crippen LogP contribution in [0.25, 0.3) is 10.4 Å². The summed E-state index contributed by atoms with van der Waals surface area (Å²) >= 11 is 2.93. The van der Waals surface area contributed by atoms with E-state index in [1.54, 1.807) is 29.0 Å². The number of nitrogens with one attached hydrogen (secondary N) is 1. The van der Waals surface area contributed by atoms with Gasteiger partial charge in [-0.3, -0.25) is 4.79 Å². The first kappa shape index (κ1) is 22.8. The highest BCUT2D eigenvalue weighted by Gasteiger charge is 2.40. The van der Waals surface area contributed by atoms with Crippen molar-refractivity contribution in [2.45, 2.75) is 19.8 Å². The molecular weight excluding hydrogens is 454 g/mol. The maximum absolute atomic E-state index is 13.3. The van der Waals surface area contributed by atoms with Gasteiger partial charge in [0.05, 0.1) is 18.1 Å². The molecule has 0 aliphatic carbocycles. The molecule has 2 heterocycles. The van der Waals surface area contributed by atoms with Gasteiger partial charge in [0.1, 0.15) is 5.51 Å². The minimum Gasteiger partial charge on any atom is -0.465 e. The van der Waals surface area contributed by atoms with Crippen LogP contribution in [0, 0.1) is 5.41 Å². The minimum absolute atomic E-state index is 0.120. The Kier molecular flexibility index (Phi) is 6.67. The second-order valence-electron chi connectivity index (χ2n) is 8.03. The van der Waals surface area contributed by atoms with Gasteiger partial charge in [0.15, 0.2) is 0 Å². The minimum atomic E-state index is -0.760. The van der Waals surface area contributed by atoms with Crippen LogP contribution in [0.4, 0.5) is 5.13 Å². The van der Waals surface area contributed by atoms with Crippen molar-refractivity contribution in [1.82, 2.24) is 10.2 Å². The number of nitrogens with zero attached hydrogens (tertiary/aromatic N) is 2. The lowest BCUT2D eigenvalue weighted by atomic mass is 9.73. The van der Waals surface area contributed by atoms with Gasteiger partial charge in [-0.15, -0.1) is 21.5 Å². The summed E-state index contributed by atoms with van der Waals surface area (Å²) in [5.74, 6) is -0.647. The molecule has 1 unspecified atom stereocenters. The van der Waals surface area contributed by atoms with E-state index in [2.05, 4.69) is 39.8 Å². The Bertz CT molecular complexity index is 1230. The van der Waals surface area contributed by atoms with Crippen molar-refractivity contribution in [3.63, 3.8) is 0 Å². The van der Waals surface area contributed by atoms with Gasteiger partial charge in [-0.05, 0) is 35.4 Å². The van der Waals surface area contributed by atoms with Crippen molar-refractivity contribution in [1.29, 1.82) is 0 Å². The second kappa shape index (κ2) is 9.64. The van der Waals surface area contributed by atoms with E-state index in [-0.39, 0.29) is 17.8 Å². The molecule has 0 spiro atoms. The van der Waals surface area contributed by atoms with Gasteiger partial charge >= 0.3 is 5.97 Å². The van der Waals surface area contributed by atoms with Crippen LogP contribution < -0.4 is 5.32 Å². The molecule has 1 atom stereocenters. The molecule has 1 N–H and O–H groups in total. The quantitative estimate of drug-likeness (QED) is 0.338.